The molecule has 1 aromatic rings. The van der Waals surface area contributed by atoms with E-state index in [1.54, 1.807) is 11.3 Å². The maximum Gasteiger partial charge on any atom is 0.406 e. The Hall–Kier alpha value is -1.94. The van der Waals surface area contributed by atoms with Gasteiger partial charge in [0.1, 0.15) is 6.54 Å². The Morgan fingerprint density at radius 2 is 1.88 bits per heavy atom. The maximum absolute atomic E-state index is 12.5. The molecule has 136 valence electrons. The van der Waals surface area contributed by atoms with Crippen LogP contribution < -0.4 is 0 Å². The van der Waals surface area contributed by atoms with Gasteiger partial charge in [-0.2, -0.15) is 13.2 Å². The van der Waals surface area contributed by atoms with Crippen LogP contribution in [0.3, 0.4) is 0 Å². The van der Waals surface area contributed by atoms with Crippen molar-refractivity contribution in [2.24, 2.45) is 0 Å². The Morgan fingerprint density at radius 3 is 2.52 bits per heavy atom. The zero-order valence-corrected chi connectivity index (χ0v) is 14.2. The number of rotatable bonds is 4. The monoisotopic (exact) mass is 375 g/mol. The number of alkyl halides is 3. The summed E-state index contributed by atoms with van der Waals surface area (Å²) in [6, 6.07) is 0.732. The number of imide groups is 2. The largest absolute Gasteiger partial charge is 0.406 e. The molecule has 3 rings (SSSR count). The van der Waals surface area contributed by atoms with Gasteiger partial charge in [0, 0.05) is 17.5 Å². The first-order valence-electron chi connectivity index (χ1n) is 7.77. The molecular weight excluding hydrogens is 359 g/mol. The van der Waals surface area contributed by atoms with Crippen LogP contribution in [0.4, 0.5) is 18.0 Å². The highest BCUT2D eigenvalue weighted by Crippen LogP contribution is 2.35. The van der Waals surface area contributed by atoms with E-state index >= 15 is 0 Å². The summed E-state index contributed by atoms with van der Waals surface area (Å²) in [6.45, 7) is 0.583. The molecule has 6 nitrogen and oxygen atoms in total. The first kappa shape index (κ1) is 17.9. The molecule has 0 saturated carbocycles. The fraction of sp³-hybridized carbons (Fsp3) is 0.533. The fourth-order valence-corrected chi connectivity index (χ4v) is 4.20. The molecule has 0 N–H and O–H groups in total. The van der Waals surface area contributed by atoms with Crippen molar-refractivity contribution in [2.45, 2.75) is 32.0 Å². The number of hydrogen-bond acceptors (Lipinski definition) is 5. The first-order chi connectivity index (χ1) is 11.7. The number of carbonyl (C=O) groups is 3. The molecule has 0 aromatic carbocycles. The highest BCUT2D eigenvalue weighted by Gasteiger charge is 2.49. The van der Waals surface area contributed by atoms with Gasteiger partial charge < -0.3 is 0 Å². The maximum atomic E-state index is 12.5. The molecule has 1 atom stereocenters. The van der Waals surface area contributed by atoms with Crippen molar-refractivity contribution in [3.05, 3.63) is 21.9 Å². The molecule has 0 aliphatic carbocycles. The lowest BCUT2D eigenvalue weighted by atomic mass is 9.98. The lowest BCUT2D eigenvalue weighted by Crippen LogP contribution is -2.46. The Kier molecular flexibility index (Phi) is 4.58. The van der Waals surface area contributed by atoms with Gasteiger partial charge in [-0.1, -0.05) is 6.92 Å². The van der Waals surface area contributed by atoms with E-state index in [1.807, 2.05) is 23.3 Å². The van der Waals surface area contributed by atoms with Gasteiger partial charge >= 0.3 is 24.0 Å². The Balaban J connectivity index is 1.78. The van der Waals surface area contributed by atoms with Crippen molar-refractivity contribution in [1.29, 1.82) is 0 Å². The van der Waals surface area contributed by atoms with E-state index in [9.17, 15) is 27.6 Å². The summed E-state index contributed by atoms with van der Waals surface area (Å²) in [5.74, 6) is -2.64. The lowest BCUT2D eigenvalue weighted by molar-refractivity contribution is -0.156. The van der Waals surface area contributed by atoms with E-state index in [0.717, 1.165) is 18.4 Å². The second kappa shape index (κ2) is 6.41. The topological polar surface area (TPSA) is 60.9 Å². The second-order valence-corrected chi connectivity index (χ2v) is 6.95. The molecule has 2 aliphatic heterocycles. The standard InChI is InChI=1S/C15H16F3N3O3S/c1-2-10-9-4-6-25-11(9)3-5-19(10)8-21-13(23)12(22)20(14(21)24)7-15(16,17)18/h4,6,10H,2-3,5,7-8H2,1H3/t10-/m1/s1. The molecule has 0 unspecified atom stereocenters. The highest BCUT2D eigenvalue weighted by molar-refractivity contribution is 7.10. The van der Waals surface area contributed by atoms with Crippen LogP contribution in [0.5, 0.6) is 0 Å². The number of carbonyl (C=O) groups excluding carboxylic acids is 3. The minimum absolute atomic E-state index is 0.0384. The third-order valence-corrected chi connectivity index (χ3v) is 5.38. The Bertz CT molecular complexity index is 718. The zero-order valence-electron chi connectivity index (χ0n) is 13.4. The van der Waals surface area contributed by atoms with Gasteiger partial charge in [-0.05, 0) is 29.9 Å². The summed E-state index contributed by atoms with van der Waals surface area (Å²) in [4.78, 5) is 39.6. The minimum Gasteiger partial charge on any atom is -0.278 e. The van der Waals surface area contributed by atoms with Gasteiger partial charge in [0.05, 0.1) is 6.67 Å². The van der Waals surface area contributed by atoms with E-state index in [4.69, 9.17) is 0 Å². The van der Waals surface area contributed by atoms with E-state index in [1.165, 1.54) is 4.88 Å². The number of thiophene rings is 1. The molecule has 1 aromatic heterocycles. The smallest absolute Gasteiger partial charge is 0.278 e. The number of hydrogen-bond donors (Lipinski definition) is 0. The average molecular weight is 375 g/mol. The van der Waals surface area contributed by atoms with Gasteiger partial charge in [0.15, 0.2) is 0 Å². The van der Waals surface area contributed by atoms with E-state index < -0.39 is 30.6 Å². The second-order valence-electron chi connectivity index (χ2n) is 5.95. The number of amides is 4. The molecular formula is C15H16F3N3O3S. The normalized spacial score (nSPS) is 22.1. The number of halogens is 3. The molecule has 2 aliphatic rings. The van der Waals surface area contributed by atoms with Crippen LogP contribution >= 0.6 is 11.3 Å². The van der Waals surface area contributed by atoms with Crippen molar-refractivity contribution in [2.75, 3.05) is 19.8 Å². The van der Waals surface area contributed by atoms with Crippen molar-refractivity contribution >= 4 is 29.2 Å². The summed E-state index contributed by atoms with van der Waals surface area (Å²) in [7, 11) is 0. The molecule has 0 radical (unpaired) electrons. The summed E-state index contributed by atoms with van der Waals surface area (Å²) < 4.78 is 37.6. The fourth-order valence-electron chi connectivity index (χ4n) is 3.27. The van der Waals surface area contributed by atoms with Crippen molar-refractivity contribution < 1.29 is 27.6 Å². The van der Waals surface area contributed by atoms with Crippen LogP contribution in [0.1, 0.15) is 29.8 Å². The summed E-state index contributed by atoms with van der Waals surface area (Å²) in [6.07, 6.45) is -3.29. The average Bonchev–Trinajstić information content (AvgIpc) is 3.09. The number of nitrogens with zero attached hydrogens (tertiary/aromatic N) is 3. The molecule has 4 amide bonds. The van der Waals surface area contributed by atoms with Crippen LogP contribution in [0, 0.1) is 0 Å². The predicted molar refractivity (Wildman–Crippen MR) is 82.6 cm³/mol. The number of fused-ring (bicyclic) bond motifs is 1. The van der Waals surface area contributed by atoms with Gasteiger partial charge in [0.2, 0.25) is 0 Å². The summed E-state index contributed by atoms with van der Waals surface area (Å²) in [5.41, 5.74) is 1.11. The van der Waals surface area contributed by atoms with E-state index in [0.29, 0.717) is 11.4 Å². The quantitative estimate of drug-likeness (QED) is 0.599. The van der Waals surface area contributed by atoms with Crippen LogP contribution in [0.2, 0.25) is 0 Å². The highest BCUT2D eigenvalue weighted by atomic mass is 32.1. The summed E-state index contributed by atoms with van der Waals surface area (Å²) in [5, 5.41) is 1.97. The van der Waals surface area contributed by atoms with Gasteiger partial charge in [-0.25, -0.2) is 14.6 Å². The van der Waals surface area contributed by atoms with Crippen LogP contribution in [-0.4, -0.2) is 58.5 Å². The summed E-state index contributed by atoms with van der Waals surface area (Å²) >= 11 is 1.64. The van der Waals surface area contributed by atoms with Crippen LogP contribution in [0.15, 0.2) is 11.4 Å². The molecule has 25 heavy (non-hydrogen) atoms. The van der Waals surface area contributed by atoms with Gasteiger partial charge in [-0.3, -0.25) is 14.5 Å². The van der Waals surface area contributed by atoms with Crippen molar-refractivity contribution in [1.82, 2.24) is 14.7 Å². The molecule has 0 bridgehead atoms. The predicted octanol–water partition coefficient (Wildman–Crippen LogP) is 2.37. The lowest BCUT2D eigenvalue weighted by Gasteiger charge is -2.36. The third kappa shape index (κ3) is 3.28. The van der Waals surface area contributed by atoms with E-state index in [-0.39, 0.29) is 17.6 Å². The van der Waals surface area contributed by atoms with Crippen LogP contribution in [0.25, 0.3) is 0 Å². The van der Waals surface area contributed by atoms with Crippen molar-refractivity contribution in [3.8, 4) is 0 Å². The molecule has 1 saturated heterocycles. The molecule has 3 heterocycles. The molecule has 1 fully saturated rings. The Labute approximate surface area is 145 Å². The van der Waals surface area contributed by atoms with Crippen molar-refractivity contribution in [3.63, 3.8) is 0 Å². The Morgan fingerprint density at radius 1 is 1.20 bits per heavy atom. The number of urea groups is 1. The zero-order chi connectivity index (χ0) is 18.4. The molecule has 0 spiro atoms. The SMILES string of the molecule is CC[C@@H]1c2ccsc2CCN1CN1C(=O)C(=O)N(CC(F)(F)F)C1=O. The minimum atomic E-state index is -4.75. The third-order valence-electron chi connectivity index (χ3n) is 4.39. The van der Waals surface area contributed by atoms with Gasteiger partial charge in [-0.15, -0.1) is 11.3 Å². The first-order valence-corrected chi connectivity index (χ1v) is 8.65. The molecule has 10 heteroatoms. The van der Waals surface area contributed by atoms with E-state index in [2.05, 4.69) is 0 Å². The van der Waals surface area contributed by atoms with Crippen LogP contribution in [-0.2, 0) is 16.0 Å². The van der Waals surface area contributed by atoms with Gasteiger partial charge in [0.25, 0.3) is 0 Å².